The number of benzene rings is 2. The van der Waals surface area contributed by atoms with E-state index in [2.05, 4.69) is 5.32 Å². The number of anilines is 1. The number of hydrogen-bond acceptors (Lipinski definition) is 6. The third kappa shape index (κ3) is 5.95. The second kappa shape index (κ2) is 10.3. The molecule has 0 aliphatic carbocycles. The summed E-state index contributed by atoms with van der Waals surface area (Å²) in [4.78, 5) is 12.8. The minimum absolute atomic E-state index is 0.0387. The molecule has 2 aromatic rings. The summed E-state index contributed by atoms with van der Waals surface area (Å²) < 4.78 is 40.6. The topological polar surface area (TPSA) is 90.9 Å². The molecule has 0 radical (unpaired) electrons. The van der Waals surface area contributed by atoms with Gasteiger partial charge in [0.2, 0.25) is 0 Å². The summed E-state index contributed by atoms with van der Waals surface area (Å²) in [7, 11) is -2.02. The summed E-state index contributed by atoms with van der Waals surface area (Å²) in [6.07, 6.45) is 1.99. The summed E-state index contributed by atoms with van der Waals surface area (Å²) in [6, 6.07) is 10.7. The van der Waals surface area contributed by atoms with Crippen LogP contribution in [0.5, 0.6) is 5.75 Å². The number of rotatable bonds is 9. The fourth-order valence-corrected chi connectivity index (χ4v) is 4.35. The fraction of sp³-hybridized carbons (Fsp3) is 0.381. The Balaban J connectivity index is 1.70. The van der Waals surface area contributed by atoms with Crippen molar-refractivity contribution in [1.29, 1.82) is 0 Å². The van der Waals surface area contributed by atoms with Crippen molar-refractivity contribution in [2.24, 2.45) is 0 Å². The predicted molar refractivity (Wildman–Crippen MR) is 114 cm³/mol. The first-order valence-corrected chi connectivity index (χ1v) is 11.6. The molecule has 2 aromatic carbocycles. The summed E-state index contributed by atoms with van der Waals surface area (Å²) in [6.45, 7) is 1.22. The zero-order valence-corrected chi connectivity index (χ0v) is 18.2. The van der Waals surface area contributed by atoms with E-state index in [1.165, 1.54) is 31.4 Å². The molecule has 1 aliphatic heterocycles. The smallest absolute Gasteiger partial charge is 0.255 e. The molecule has 1 aliphatic rings. The van der Waals surface area contributed by atoms with Crippen LogP contribution < -0.4 is 10.1 Å². The van der Waals surface area contributed by atoms with E-state index in [1.807, 2.05) is 0 Å². The molecule has 162 valence electrons. The van der Waals surface area contributed by atoms with Crippen molar-refractivity contribution in [1.82, 2.24) is 0 Å². The summed E-state index contributed by atoms with van der Waals surface area (Å²) >= 11 is 6.08. The van der Waals surface area contributed by atoms with E-state index >= 15 is 0 Å². The lowest BCUT2D eigenvalue weighted by molar-refractivity contribution is 0.0682. The van der Waals surface area contributed by atoms with Crippen molar-refractivity contribution >= 4 is 33.0 Å². The molecule has 1 N–H and O–H groups in total. The Kier molecular flexibility index (Phi) is 7.71. The van der Waals surface area contributed by atoms with E-state index in [0.29, 0.717) is 28.6 Å². The highest BCUT2D eigenvalue weighted by molar-refractivity contribution is 7.91. The first-order valence-electron chi connectivity index (χ1n) is 9.56. The molecule has 1 unspecified atom stereocenters. The number of carbonyl (C=O) groups is 1. The maximum Gasteiger partial charge on any atom is 0.255 e. The van der Waals surface area contributed by atoms with Gasteiger partial charge in [0.1, 0.15) is 12.4 Å². The Morgan fingerprint density at radius 1 is 1.23 bits per heavy atom. The SMILES string of the molecule is COCCS(=O)(=O)c1ccc(C(=O)Nc2cc(Cl)ccc2OCC2CCCO2)cc1. The Hall–Kier alpha value is -2.13. The van der Waals surface area contributed by atoms with Crippen LogP contribution in [0.2, 0.25) is 5.02 Å². The molecule has 1 fully saturated rings. The van der Waals surface area contributed by atoms with Gasteiger partial charge < -0.3 is 19.5 Å². The predicted octanol–water partition coefficient (Wildman–Crippen LogP) is 3.57. The van der Waals surface area contributed by atoms with Gasteiger partial charge in [-0.05, 0) is 55.3 Å². The van der Waals surface area contributed by atoms with Gasteiger partial charge in [0.15, 0.2) is 9.84 Å². The Labute approximate surface area is 181 Å². The van der Waals surface area contributed by atoms with Gasteiger partial charge in [0.05, 0.1) is 29.0 Å². The van der Waals surface area contributed by atoms with Gasteiger partial charge >= 0.3 is 0 Å². The first-order chi connectivity index (χ1) is 14.4. The van der Waals surface area contributed by atoms with Crippen LogP contribution in [-0.2, 0) is 19.3 Å². The monoisotopic (exact) mass is 453 g/mol. The summed E-state index contributed by atoms with van der Waals surface area (Å²) in [5.74, 6) is -0.0368. The first kappa shape index (κ1) is 22.6. The highest BCUT2D eigenvalue weighted by Gasteiger charge is 2.18. The molecular formula is C21H24ClNO6S. The van der Waals surface area contributed by atoms with Crippen molar-refractivity contribution in [3.05, 3.63) is 53.1 Å². The van der Waals surface area contributed by atoms with E-state index in [4.69, 9.17) is 25.8 Å². The Morgan fingerprint density at radius 3 is 2.67 bits per heavy atom. The van der Waals surface area contributed by atoms with Crippen molar-refractivity contribution in [3.8, 4) is 5.75 Å². The maximum atomic E-state index is 12.7. The zero-order valence-electron chi connectivity index (χ0n) is 16.6. The molecule has 0 spiro atoms. The van der Waals surface area contributed by atoms with E-state index in [1.54, 1.807) is 18.2 Å². The fourth-order valence-electron chi connectivity index (χ4n) is 3.00. The van der Waals surface area contributed by atoms with E-state index in [-0.39, 0.29) is 23.4 Å². The van der Waals surface area contributed by atoms with Gasteiger partial charge in [-0.1, -0.05) is 11.6 Å². The van der Waals surface area contributed by atoms with Crippen molar-refractivity contribution in [3.63, 3.8) is 0 Å². The lowest BCUT2D eigenvalue weighted by atomic mass is 10.2. The molecule has 3 rings (SSSR count). The number of halogens is 1. The normalized spacial score (nSPS) is 16.4. The molecule has 0 bridgehead atoms. The molecular weight excluding hydrogens is 430 g/mol. The minimum Gasteiger partial charge on any atom is -0.489 e. The maximum absolute atomic E-state index is 12.7. The molecule has 30 heavy (non-hydrogen) atoms. The Morgan fingerprint density at radius 2 is 2.00 bits per heavy atom. The van der Waals surface area contributed by atoms with E-state index in [9.17, 15) is 13.2 Å². The van der Waals surface area contributed by atoms with Gasteiger partial charge in [0.25, 0.3) is 5.91 Å². The zero-order chi connectivity index (χ0) is 21.6. The third-order valence-electron chi connectivity index (χ3n) is 4.67. The van der Waals surface area contributed by atoms with E-state index < -0.39 is 15.7 Å². The standard InChI is InChI=1S/C21H24ClNO6S/c1-27-11-12-30(25,26)18-7-4-15(5-8-18)21(24)23-19-13-16(22)6-9-20(19)29-14-17-3-2-10-28-17/h4-9,13,17H,2-3,10-12,14H2,1H3,(H,23,24). The quantitative estimate of drug-likeness (QED) is 0.624. The van der Waals surface area contributed by atoms with Crippen molar-refractivity contribution in [2.45, 2.75) is 23.8 Å². The van der Waals surface area contributed by atoms with Crippen molar-refractivity contribution in [2.75, 3.05) is 38.0 Å². The summed E-state index contributed by atoms with van der Waals surface area (Å²) in [5, 5.41) is 3.23. The van der Waals surface area contributed by atoms with Gasteiger partial charge in [-0.15, -0.1) is 0 Å². The molecule has 0 aromatic heterocycles. The van der Waals surface area contributed by atoms with Gasteiger partial charge in [-0.25, -0.2) is 8.42 Å². The number of nitrogens with one attached hydrogen (secondary N) is 1. The lowest BCUT2D eigenvalue weighted by Gasteiger charge is -2.15. The Bertz CT molecular complexity index is 971. The molecule has 9 heteroatoms. The van der Waals surface area contributed by atoms with Crippen LogP contribution in [0.4, 0.5) is 5.69 Å². The van der Waals surface area contributed by atoms with Crippen LogP contribution in [0.15, 0.2) is 47.4 Å². The van der Waals surface area contributed by atoms with Crippen LogP contribution in [0, 0.1) is 0 Å². The van der Waals surface area contributed by atoms with Crippen molar-refractivity contribution < 1.29 is 27.4 Å². The lowest BCUT2D eigenvalue weighted by Crippen LogP contribution is -2.18. The van der Waals surface area contributed by atoms with Crippen LogP contribution in [0.3, 0.4) is 0 Å². The molecule has 1 atom stereocenters. The number of carbonyl (C=O) groups excluding carboxylic acids is 1. The van der Waals surface area contributed by atoms with Crippen LogP contribution in [-0.4, -0.2) is 53.1 Å². The van der Waals surface area contributed by atoms with Crippen LogP contribution in [0.1, 0.15) is 23.2 Å². The third-order valence-corrected chi connectivity index (χ3v) is 6.60. The molecule has 7 nitrogen and oxygen atoms in total. The summed E-state index contributed by atoms with van der Waals surface area (Å²) in [5.41, 5.74) is 0.744. The second-order valence-corrected chi connectivity index (χ2v) is 9.42. The minimum atomic E-state index is -3.46. The highest BCUT2D eigenvalue weighted by Crippen LogP contribution is 2.29. The molecule has 0 saturated carbocycles. The van der Waals surface area contributed by atoms with Crippen LogP contribution in [0.25, 0.3) is 0 Å². The van der Waals surface area contributed by atoms with Gasteiger partial charge in [-0.3, -0.25) is 4.79 Å². The number of methoxy groups -OCH3 is 1. The van der Waals surface area contributed by atoms with Gasteiger partial charge in [-0.2, -0.15) is 0 Å². The van der Waals surface area contributed by atoms with Crippen LogP contribution >= 0.6 is 11.6 Å². The molecule has 1 amide bonds. The van der Waals surface area contributed by atoms with E-state index in [0.717, 1.165) is 19.4 Å². The highest BCUT2D eigenvalue weighted by atomic mass is 35.5. The van der Waals surface area contributed by atoms with Gasteiger partial charge in [0, 0.05) is 24.3 Å². The second-order valence-electron chi connectivity index (χ2n) is 6.88. The number of sulfone groups is 1. The number of hydrogen-bond donors (Lipinski definition) is 1. The number of amides is 1. The molecule has 1 heterocycles. The number of ether oxygens (including phenoxy) is 3. The average molecular weight is 454 g/mol. The largest absolute Gasteiger partial charge is 0.489 e. The molecule has 1 saturated heterocycles. The average Bonchev–Trinajstić information content (AvgIpc) is 3.25.